The maximum Gasteiger partial charge on any atom is 0.0437 e. The van der Waals surface area contributed by atoms with Crippen molar-refractivity contribution in [2.45, 2.75) is 38.6 Å². The van der Waals surface area contributed by atoms with E-state index in [0.29, 0.717) is 6.04 Å². The average molecular weight is 238 g/mol. The van der Waals surface area contributed by atoms with E-state index < -0.39 is 0 Å². The summed E-state index contributed by atoms with van der Waals surface area (Å²) in [5, 5.41) is 4.50. The molecule has 0 saturated heterocycles. The molecular weight excluding hydrogens is 218 g/mol. The molecule has 0 amide bonds. The van der Waals surface area contributed by atoms with Crippen LogP contribution in [-0.2, 0) is 6.42 Å². The normalized spacial score (nSPS) is 17.4. The SMILES string of the molecule is CCNC(CCc1ccccc1Cl)C1CC1. The van der Waals surface area contributed by atoms with E-state index in [2.05, 4.69) is 24.4 Å². The molecule has 1 aromatic carbocycles. The molecule has 2 rings (SSSR count). The van der Waals surface area contributed by atoms with Crippen molar-refractivity contribution in [1.29, 1.82) is 0 Å². The van der Waals surface area contributed by atoms with E-state index in [1.807, 2.05) is 12.1 Å². The third-order valence-corrected chi connectivity index (χ3v) is 3.71. The van der Waals surface area contributed by atoms with E-state index in [1.54, 1.807) is 0 Å². The van der Waals surface area contributed by atoms with Crippen LogP contribution in [0.2, 0.25) is 5.02 Å². The standard InChI is InChI=1S/C14H20ClN/c1-2-16-14(12-7-8-12)10-9-11-5-3-4-6-13(11)15/h3-6,12,14,16H,2,7-10H2,1H3. The molecule has 1 N–H and O–H groups in total. The van der Waals surface area contributed by atoms with Crippen LogP contribution >= 0.6 is 11.6 Å². The van der Waals surface area contributed by atoms with Gasteiger partial charge in [0.05, 0.1) is 0 Å². The van der Waals surface area contributed by atoms with Crippen molar-refractivity contribution in [3.63, 3.8) is 0 Å². The molecule has 1 nitrogen and oxygen atoms in total. The van der Waals surface area contributed by atoms with Gasteiger partial charge in [-0.25, -0.2) is 0 Å². The highest BCUT2D eigenvalue weighted by molar-refractivity contribution is 6.31. The van der Waals surface area contributed by atoms with E-state index in [1.165, 1.54) is 24.8 Å². The highest BCUT2D eigenvalue weighted by Crippen LogP contribution is 2.34. The van der Waals surface area contributed by atoms with Gasteiger partial charge in [-0.05, 0) is 49.8 Å². The van der Waals surface area contributed by atoms with Crippen molar-refractivity contribution in [1.82, 2.24) is 5.32 Å². The lowest BCUT2D eigenvalue weighted by Crippen LogP contribution is -2.31. The quantitative estimate of drug-likeness (QED) is 0.796. The van der Waals surface area contributed by atoms with Crippen LogP contribution in [0.3, 0.4) is 0 Å². The minimum Gasteiger partial charge on any atom is -0.314 e. The molecule has 0 radical (unpaired) electrons. The molecule has 0 aliphatic heterocycles. The summed E-state index contributed by atoms with van der Waals surface area (Å²) in [4.78, 5) is 0. The van der Waals surface area contributed by atoms with Crippen molar-refractivity contribution in [3.8, 4) is 0 Å². The second-order valence-corrected chi connectivity index (χ2v) is 5.04. The molecule has 0 bridgehead atoms. The Kier molecular flexibility index (Phi) is 4.25. The van der Waals surface area contributed by atoms with E-state index in [-0.39, 0.29) is 0 Å². The van der Waals surface area contributed by atoms with Crippen LogP contribution in [0.25, 0.3) is 0 Å². The Bertz CT molecular complexity index is 333. The molecule has 1 fully saturated rings. The summed E-state index contributed by atoms with van der Waals surface area (Å²) in [7, 11) is 0. The van der Waals surface area contributed by atoms with Gasteiger partial charge < -0.3 is 5.32 Å². The summed E-state index contributed by atoms with van der Waals surface area (Å²) in [6, 6.07) is 8.88. The number of hydrogen-bond donors (Lipinski definition) is 1. The van der Waals surface area contributed by atoms with Crippen molar-refractivity contribution in [3.05, 3.63) is 34.9 Å². The van der Waals surface area contributed by atoms with E-state index in [4.69, 9.17) is 11.6 Å². The predicted molar refractivity (Wildman–Crippen MR) is 70.0 cm³/mol. The van der Waals surface area contributed by atoms with Crippen LogP contribution in [0, 0.1) is 5.92 Å². The molecule has 0 heterocycles. The minimum atomic E-state index is 0.696. The van der Waals surface area contributed by atoms with Crippen molar-refractivity contribution >= 4 is 11.6 Å². The van der Waals surface area contributed by atoms with E-state index >= 15 is 0 Å². The number of halogens is 1. The molecule has 1 aliphatic rings. The molecule has 0 spiro atoms. The van der Waals surface area contributed by atoms with Gasteiger partial charge >= 0.3 is 0 Å². The largest absolute Gasteiger partial charge is 0.314 e. The first kappa shape index (κ1) is 11.9. The third kappa shape index (κ3) is 3.23. The zero-order chi connectivity index (χ0) is 11.4. The van der Waals surface area contributed by atoms with E-state index in [9.17, 15) is 0 Å². The zero-order valence-corrected chi connectivity index (χ0v) is 10.6. The third-order valence-electron chi connectivity index (χ3n) is 3.34. The second-order valence-electron chi connectivity index (χ2n) is 4.63. The van der Waals surface area contributed by atoms with Gasteiger partial charge in [0.2, 0.25) is 0 Å². The van der Waals surface area contributed by atoms with Gasteiger partial charge in [0.1, 0.15) is 0 Å². The van der Waals surface area contributed by atoms with Crippen molar-refractivity contribution in [2.75, 3.05) is 6.54 Å². The number of benzene rings is 1. The fourth-order valence-corrected chi connectivity index (χ4v) is 2.51. The maximum absolute atomic E-state index is 6.16. The summed E-state index contributed by atoms with van der Waals surface area (Å²) >= 11 is 6.16. The average Bonchev–Trinajstić information content (AvgIpc) is 3.10. The van der Waals surface area contributed by atoms with Gasteiger partial charge in [-0.1, -0.05) is 36.7 Å². The topological polar surface area (TPSA) is 12.0 Å². The smallest absolute Gasteiger partial charge is 0.0437 e. The first-order valence-corrected chi connectivity index (χ1v) is 6.66. The second kappa shape index (κ2) is 5.70. The van der Waals surface area contributed by atoms with Crippen molar-refractivity contribution in [2.24, 2.45) is 5.92 Å². The Balaban J connectivity index is 1.87. The van der Waals surface area contributed by atoms with Crippen LogP contribution in [0.4, 0.5) is 0 Å². The zero-order valence-electron chi connectivity index (χ0n) is 9.88. The Morgan fingerprint density at radius 3 is 2.75 bits per heavy atom. The minimum absolute atomic E-state index is 0.696. The highest BCUT2D eigenvalue weighted by atomic mass is 35.5. The predicted octanol–water partition coefficient (Wildman–Crippen LogP) is 3.66. The van der Waals surface area contributed by atoms with Crippen LogP contribution in [0.1, 0.15) is 31.7 Å². The monoisotopic (exact) mass is 237 g/mol. The van der Waals surface area contributed by atoms with E-state index in [0.717, 1.165) is 23.9 Å². The molecule has 1 unspecified atom stereocenters. The molecule has 0 aromatic heterocycles. The first-order valence-electron chi connectivity index (χ1n) is 6.28. The van der Waals surface area contributed by atoms with Crippen LogP contribution in [0.15, 0.2) is 24.3 Å². The molecule has 1 aliphatic carbocycles. The van der Waals surface area contributed by atoms with Gasteiger partial charge in [0, 0.05) is 11.1 Å². The summed E-state index contributed by atoms with van der Waals surface area (Å²) in [5.41, 5.74) is 1.28. The lowest BCUT2D eigenvalue weighted by atomic mass is 10.0. The number of nitrogens with one attached hydrogen (secondary N) is 1. The molecule has 1 atom stereocenters. The fraction of sp³-hybridized carbons (Fsp3) is 0.571. The Morgan fingerprint density at radius 2 is 2.12 bits per heavy atom. The fourth-order valence-electron chi connectivity index (χ4n) is 2.28. The number of aryl methyl sites for hydroxylation is 1. The van der Waals surface area contributed by atoms with Gasteiger partial charge in [-0.2, -0.15) is 0 Å². The van der Waals surface area contributed by atoms with Crippen LogP contribution in [-0.4, -0.2) is 12.6 Å². The first-order chi connectivity index (χ1) is 7.81. The summed E-state index contributed by atoms with van der Waals surface area (Å²) < 4.78 is 0. The Labute approximate surface area is 103 Å². The lowest BCUT2D eigenvalue weighted by molar-refractivity contribution is 0.446. The van der Waals surface area contributed by atoms with Gasteiger partial charge in [0.15, 0.2) is 0 Å². The molecule has 2 heteroatoms. The lowest BCUT2D eigenvalue weighted by Gasteiger charge is -2.17. The molecule has 1 saturated carbocycles. The van der Waals surface area contributed by atoms with Crippen LogP contribution < -0.4 is 5.32 Å². The van der Waals surface area contributed by atoms with Gasteiger partial charge in [0.25, 0.3) is 0 Å². The Morgan fingerprint density at radius 1 is 1.38 bits per heavy atom. The molecular formula is C14H20ClN. The summed E-state index contributed by atoms with van der Waals surface area (Å²) in [5.74, 6) is 0.919. The van der Waals surface area contributed by atoms with Crippen molar-refractivity contribution < 1.29 is 0 Å². The van der Waals surface area contributed by atoms with Gasteiger partial charge in [-0.15, -0.1) is 0 Å². The molecule has 1 aromatic rings. The highest BCUT2D eigenvalue weighted by Gasteiger charge is 2.30. The summed E-state index contributed by atoms with van der Waals surface area (Å²) in [6.07, 6.45) is 5.11. The Hall–Kier alpha value is -0.530. The summed E-state index contributed by atoms with van der Waals surface area (Å²) in [6.45, 7) is 3.26. The number of hydrogen-bond acceptors (Lipinski definition) is 1. The molecule has 88 valence electrons. The van der Waals surface area contributed by atoms with Gasteiger partial charge in [-0.3, -0.25) is 0 Å². The maximum atomic E-state index is 6.16. The van der Waals surface area contributed by atoms with Crippen LogP contribution in [0.5, 0.6) is 0 Å². The number of rotatable bonds is 6. The molecule has 16 heavy (non-hydrogen) atoms.